The minimum absolute atomic E-state index is 0.178. The molecule has 2 nitrogen and oxygen atoms in total. The molecule has 0 atom stereocenters. The van der Waals surface area contributed by atoms with E-state index in [2.05, 4.69) is 0 Å². The van der Waals surface area contributed by atoms with Crippen molar-refractivity contribution in [3.8, 4) is 0 Å². The third-order valence-electron chi connectivity index (χ3n) is 3.23. The molecule has 1 aliphatic heterocycles. The van der Waals surface area contributed by atoms with Gasteiger partial charge in [0.1, 0.15) is 5.82 Å². The molecule has 1 heterocycles. The molecule has 0 spiro atoms. The fourth-order valence-electron chi connectivity index (χ4n) is 2.13. The number of thioether (sulfide) groups is 1. The van der Waals surface area contributed by atoms with Crippen LogP contribution in [0, 0.1) is 12.7 Å². The predicted molar refractivity (Wildman–Crippen MR) is 93.2 cm³/mol. The first kappa shape index (κ1) is 14.9. The quantitative estimate of drug-likeness (QED) is 0.596. The number of aryl methyl sites for hydroxylation is 1. The van der Waals surface area contributed by atoms with Gasteiger partial charge < -0.3 is 0 Å². The summed E-state index contributed by atoms with van der Waals surface area (Å²) in [5, 5.41) is 0. The zero-order valence-corrected chi connectivity index (χ0v) is 13.4. The summed E-state index contributed by atoms with van der Waals surface area (Å²) in [4.78, 5) is 14.5. The minimum atomic E-state index is -0.331. The van der Waals surface area contributed by atoms with Crippen molar-refractivity contribution in [1.29, 1.82) is 0 Å². The molecule has 5 heteroatoms. The van der Waals surface area contributed by atoms with Gasteiger partial charge >= 0.3 is 0 Å². The summed E-state index contributed by atoms with van der Waals surface area (Å²) in [6.07, 6.45) is 1.66. The molecule has 0 aromatic heterocycles. The number of carbonyl (C=O) groups is 1. The molecule has 2 aromatic carbocycles. The first-order valence-corrected chi connectivity index (χ1v) is 7.87. The van der Waals surface area contributed by atoms with E-state index in [4.69, 9.17) is 12.2 Å². The number of nitrogens with zero attached hydrogens (tertiary/aromatic N) is 1. The van der Waals surface area contributed by atoms with Crippen LogP contribution < -0.4 is 4.90 Å². The van der Waals surface area contributed by atoms with Crippen molar-refractivity contribution >= 4 is 46.0 Å². The van der Waals surface area contributed by atoms with Crippen molar-refractivity contribution < 1.29 is 9.18 Å². The molecule has 0 radical (unpaired) electrons. The van der Waals surface area contributed by atoms with Gasteiger partial charge in [0.05, 0.1) is 10.6 Å². The Kier molecular flexibility index (Phi) is 4.09. The van der Waals surface area contributed by atoms with E-state index in [1.54, 1.807) is 18.2 Å². The maximum atomic E-state index is 13.2. The average Bonchev–Trinajstić information content (AvgIpc) is 2.75. The number of halogens is 1. The van der Waals surface area contributed by atoms with Gasteiger partial charge in [-0.05, 0) is 42.8 Å². The molecule has 1 aliphatic rings. The largest absolute Gasteiger partial charge is 0.270 e. The summed E-state index contributed by atoms with van der Waals surface area (Å²) in [6, 6.07) is 13.7. The van der Waals surface area contributed by atoms with Crippen LogP contribution in [0.1, 0.15) is 11.1 Å². The molecule has 0 unspecified atom stereocenters. The van der Waals surface area contributed by atoms with Crippen molar-refractivity contribution in [2.24, 2.45) is 0 Å². The summed E-state index contributed by atoms with van der Waals surface area (Å²) in [7, 11) is 0. The SMILES string of the molecule is Cc1ccc(N2C(=O)C(=Cc3cccc(F)c3)SC2=S)cc1. The molecule has 2 aromatic rings. The van der Waals surface area contributed by atoms with Crippen LogP contribution in [0.25, 0.3) is 6.08 Å². The van der Waals surface area contributed by atoms with Crippen LogP contribution >= 0.6 is 24.0 Å². The molecule has 0 N–H and O–H groups in total. The highest BCUT2D eigenvalue weighted by Gasteiger charge is 2.33. The van der Waals surface area contributed by atoms with Gasteiger partial charge in [0.25, 0.3) is 5.91 Å². The molecule has 22 heavy (non-hydrogen) atoms. The van der Waals surface area contributed by atoms with Gasteiger partial charge in [-0.15, -0.1) is 0 Å². The zero-order valence-electron chi connectivity index (χ0n) is 11.7. The number of carbonyl (C=O) groups excluding carboxylic acids is 1. The van der Waals surface area contributed by atoms with E-state index >= 15 is 0 Å². The van der Waals surface area contributed by atoms with E-state index in [1.807, 2.05) is 31.2 Å². The monoisotopic (exact) mass is 329 g/mol. The molecule has 1 saturated heterocycles. The van der Waals surface area contributed by atoms with Gasteiger partial charge in [0.2, 0.25) is 0 Å². The Hall–Kier alpha value is -1.98. The Balaban J connectivity index is 1.93. The summed E-state index contributed by atoms with van der Waals surface area (Å²) in [6.45, 7) is 1.98. The van der Waals surface area contributed by atoms with Gasteiger partial charge in [-0.3, -0.25) is 9.69 Å². The number of hydrogen-bond donors (Lipinski definition) is 0. The number of thiocarbonyl (C=S) groups is 1. The van der Waals surface area contributed by atoms with Crippen molar-refractivity contribution in [2.75, 3.05) is 4.90 Å². The number of anilines is 1. The number of benzene rings is 2. The molecule has 0 saturated carbocycles. The van der Waals surface area contributed by atoms with Crippen LogP contribution in [0.2, 0.25) is 0 Å². The van der Waals surface area contributed by atoms with Gasteiger partial charge in [-0.2, -0.15) is 0 Å². The van der Waals surface area contributed by atoms with Crippen LogP contribution in [0.15, 0.2) is 53.4 Å². The predicted octanol–water partition coefficient (Wildman–Crippen LogP) is 4.54. The van der Waals surface area contributed by atoms with E-state index in [0.29, 0.717) is 14.8 Å². The summed E-state index contributed by atoms with van der Waals surface area (Å²) in [5.74, 6) is -0.508. The van der Waals surface area contributed by atoms with Crippen LogP contribution in [0.4, 0.5) is 10.1 Å². The van der Waals surface area contributed by atoms with Crippen molar-refractivity contribution in [2.45, 2.75) is 6.92 Å². The van der Waals surface area contributed by atoms with E-state index < -0.39 is 0 Å². The summed E-state index contributed by atoms with van der Waals surface area (Å²) >= 11 is 6.53. The van der Waals surface area contributed by atoms with Gasteiger partial charge in [0.15, 0.2) is 4.32 Å². The Labute approximate surface area is 137 Å². The smallest absolute Gasteiger partial charge is 0.268 e. The fourth-order valence-corrected chi connectivity index (χ4v) is 3.43. The van der Waals surface area contributed by atoms with E-state index in [0.717, 1.165) is 11.3 Å². The third kappa shape index (κ3) is 2.96. The lowest BCUT2D eigenvalue weighted by Crippen LogP contribution is -2.27. The van der Waals surface area contributed by atoms with Crippen LogP contribution in [0.3, 0.4) is 0 Å². The van der Waals surface area contributed by atoms with Crippen LogP contribution in [0.5, 0.6) is 0 Å². The second kappa shape index (κ2) is 6.02. The van der Waals surface area contributed by atoms with Gasteiger partial charge in [0, 0.05) is 0 Å². The van der Waals surface area contributed by atoms with Crippen LogP contribution in [-0.4, -0.2) is 10.2 Å². The Morgan fingerprint density at radius 1 is 1.18 bits per heavy atom. The van der Waals surface area contributed by atoms with Crippen molar-refractivity contribution in [3.63, 3.8) is 0 Å². The molecule has 110 valence electrons. The lowest BCUT2D eigenvalue weighted by atomic mass is 10.2. The average molecular weight is 329 g/mol. The highest BCUT2D eigenvalue weighted by molar-refractivity contribution is 8.27. The maximum absolute atomic E-state index is 13.2. The first-order valence-electron chi connectivity index (χ1n) is 6.65. The second-order valence-corrected chi connectivity index (χ2v) is 6.58. The summed E-state index contributed by atoms with van der Waals surface area (Å²) in [5.41, 5.74) is 2.50. The lowest BCUT2D eigenvalue weighted by molar-refractivity contribution is -0.113. The number of rotatable bonds is 2. The summed E-state index contributed by atoms with van der Waals surface area (Å²) < 4.78 is 13.7. The topological polar surface area (TPSA) is 20.3 Å². The van der Waals surface area contributed by atoms with Crippen molar-refractivity contribution in [3.05, 3.63) is 70.4 Å². The molecule has 0 bridgehead atoms. The van der Waals surface area contributed by atoms with Gasteiger partial charge in [-0.25, -0.2) is 4.39 Å². The molecule has 3 rings (SSSR count). The second-order valence-electron chi connectivity index (χ2n) is 4.91. The lowest BCUT2D eigenvalue weighted by Gasteiger charge is -2.14. The minimum Gasteiger partial charge on any atom is -0.268 e. The zero-order chi connectivity index (χ0) is 15.7. The standard InChI is InChI=1S/C17H12FNOS2/c1-11-5-7-14(8-6-11)19-16(20)15(22-17(19)21)10-12-3-2-4-13(18)9-12/h2-10H,1H3. The molecule has 1 fully saturated rings. The molecule has 0 aliphatic carbocycles. The maximum Gasteiger partial charge on any atom is 0.270 e. The Morgan fingerprint density at radius 3 is 2.59 bits per heavy atom. The van der Waals surface area contributed by atoms with E-state index in [9.17, 15) is 9.18 Å². The molecular weight excluding hydrogens is 317 g/mol. The van der Waals surface area contributed by atoms with Gasteiger partial charge in [-0.1, -0.05) is 53.8 Å². The molecule has 1 amide bonds. The van der Waals surface area contributed by atoms with Crippen LogP contribution in [-0.2, 0) is 4.79 Å². The highest BCUT2D eigenvalue weighted by Crippen LogP contribution is 2.36. The van der Waals surface area contributed by atoms with E-state index in [1.165, 1.54) is 28.8 Å². The molecular formula is C17H12FNOS2. The Morgan fingerprint density at radius 2 is 1.91 bits per heavy atom. The number of amides is 1. The fraction of sp³-hybridized carbons (Fsp3) is 0.0588. The Bertz CT molecular complexity index is 784. The highest BCUT2D eigenvalue weighted by atomic mass is 32.2. The third-order valence-corrected chi connectivity index (χ3v) is 4.53. The normalized spacial score (nSPS) is 16.6. The van der Waals surface area contributed by atoms with E-state index in [-0.39, 0.29) is 11.7 Å². The van der Waals surface area contributed by atoms with Crippen molar-refractivity contribution in [1.82, 2.24) is 0 Å². The first-order chi connectivity index (χ1) is 10.5. The number of hydrogen-bond acceptors (Lipinski definition) is 3.